The Balaban J connectivity index is 1.69. The van der Waals surface area contributed by atoms with Crippen LogP contribution in [0.15, 0.2) is 24.3 Å². The van der Waals surface area contributed by atoms with E-state index < -0.39 is 5.41 Å². The maximum absolute atomic E-state index is 12.8. The smallest absolute Gasteiger partial charge is 0.240 e. The summed E-state index contributed by atoms with van der Waals surface area (Å²) in [4.78, 5) is 27.4. The summed E-state index contributed by atoms with van der Waals surface area (Å²) in [5, 5.41) is 2.88. The molecular weight excluding hydrogens is 292 g/mol. The molecule has 1 aromatic carbocycles. The number of methoxy groups -OCH3 is 1. The van der Waals surface area contributed by atoms with Crippen LogP contribution < -0.4 is 10.1 Å². The molecule has 1 aromatic rings. The molecule has 0 bridgehead atoms. The second-order valence-corrected chi connectivity index (χ2v) is 6.77. The summed E-state index contributed by atoms with van der Waals surface area (Å²) in [6, 6.07) is 7.22. The van der Waals surface area contributed by atoms with E-state index in [1.54, 1.807) is 13.2 Å². The summed E-state index contributed by atoms with van der Waals surface area (Å²) in [6.07, 6.45) is 3.48. The van der Waals surface area contributed by atoms with Crippen LogP contribution in [-0.2, 0) is 9.59 Å². The summed E-state index contributed by atoms with van der Waals surface area (Å²) < 4.78 is 5.17. The van der Waals surface area contributed by atoms with Crippen molar-refractivity contribution >= 4 is 17.5 Å². The van der Waals surface area contributed by atoms with Crippen LogP contribution in [0.4, 0.5) is 5.69 Å². The van der Waals surface area contributed by atoms with Crippen molar-refractivity contribution in [3.05, 3.63) is 24.3 Å². The number of rotatable bonds is 4. The predicted octanol–water partition coefficient (Wildman–Crippen LogP) is 2.67. The first kappa shape index (κ1) is 15.8. The molecule has 1 aliphatic heterocycles. The molecule has 1 unspecified atom stereocenters. The highest BCUT2D eigenvalue weighted by Crippen LogP contribution is 2.48. The van der Waals surface area contributed by atoms with Crippen LogP contribution in [0.1, 0.15) is 32.6 Å². The lowest BCUT2D eigenvalue weighted by atomic mass is 9.96. The zero-order chi connectivity index (χ0) is 16.4. The maximum Gasteiger partial charge on any atom is 0.240 e. The van der Waals surface area contributed by atoms with Gasteiger partial charge in [0.15, 0.2) is 0 Å². The van der Waals surface area contributed by atoms with E-state index in [-0.39, 0.29) is 11.8 Å². The molecule has 3 rings (SSSR count). The summed E-state index contributed by atoms with van der Waals surface area (Å²) in [7, 11) is 1.59. The first-order valence-corrected chi connectivity index (χ1v) is 8.30. The van der Waals surface area contributed by atoms with Gasteiger partial charge in [0.2, 0.25) is 11.8 Å². The van der Waals surface area contributed by atoms with Crippen LogP contribution in [0.5, 0.6) is 5.75 Å². The van der Waals surface area contributed by atoms with Gasteiger partial charge >= 0.3 is 0 Å². The largest absolute Gasteiger partial charge is 0.497 e. The number of piperidine rings is 1. The number of hydrogen-bond acceptors (Lipinski definition) is 3. The number of benzene rings is 1. The van der Waals surface area contributed by atoms with Gasteiger partial charge in [-0.1, -0.05) is 13.0 Å². The SMILES string of the molecule is COc1cccc(NC(=O)C2(C(=O)N3CCCC(C)C3)CC2)c1. The molecule has 124 valence electrons. The van der Waals surface area contributed by atoms with Crippen molar-refractivity contribution in [1.82, 2.24) is 4.90 Å². The van der Waals surface area contributed by atoms with Crippen molar-refractivity contribution in [1.29, 1.82) is 0 Å². The minimum atomic E-state index is -0.847. The van der Waals surface area contributed by atoms with Crippen molar-refractivity contribution in [2.24, 2.45) is 11.3 Å². The van der Waals surface area contributed by atoms with Crippen LogP contribution in [0.25, 0.3) is 0 Å². The fourth-order valence-electron chi connectivity index (χ4n) is 3.29. The van der Waals surface area contributed by atoms with E-state index in [0.29, 0.717) is 30.2 Å². The highest BCUT2D eigenvalue weighted by atomic mass is 16.5. The molecule has 2 fully saturated rings. The third kappa shape index (κ3) is 3.19. The standard InChI is InChI=1S/C18H24N2O3/c1-13-5-4-10-20(12-13)17(22)18(8-9-18)16(21)19-14-6-3-7-15(11-14)23-2/h3,6-7,11,13H,4-5,8-10,12H2,1-2H3,(H,19,21). The fourth-order valence-corrected chi connectivity index (χ4v) is 3.29. The molecule has 2 amide bonds. The van der Waals surface area contributed by atoms with E-state index in [1.807, 2.05) is 23.1 Å². The Kier molecular flexibility index (Phi) is 4.28. The van der Waals surface area contributed by atoms with Crippen molar-refractivity contribution in [2.75, 3.05) is 25.5 Å². The predicted molar refractivity (Wildman–Crippen MR) is 88.3 cm³/mol. The zero-order valence-electron chi connectivity index (χ0n) is 13.8. The molecule has 0 aromatic heterocycles. The monoisotopic (exact) mass is 316 g/mol. The van der Waals surface area contributed by atoms with Crippen molar-refractivity contribution in [2.45, 2.75) is 32.6 Å². The van der Waals surface area contributed by atoms with Gasteiger partial charge in [0.25, 0.3) is 0 Å². The van der Waals surface area contributed by atoms with Crippen molar-refractivity contribution < 1.29 is 14.3 Å². The number of nitrogens with one attached hydrogen (secondary N) is 1. The fraction of sp³-hybridized carbons (Fsp3) is 0.556. The van der Waals surface area contributed by atoms with Gasteiger partial charge in [-0.05, 0) is 43.7 Å². The lowest BCUT2D eigenvalue weighted by Gasteiger charge is -2.33. The number of carbonyl (C=O) groups excluding carboxylic acids is 2. The van der Waals surface area contributed by atoms with Crippen LogP contribution in [0.3, 0.4) is 0 Å². The maximum atomic E-state index is 12.8. The second kappa shape index (κ2) is 6.22. The van der Waals surface area contributed by atoms with Gasteiger partial charge in [-0.25, -0.2) is 0 Å². The molecule has 1 heterocycles. The molecule has 1 atom stereocenters. The topological polar surface area (TPSA) is 58.6 Å². The molecule has 1 saturated carbocycles. The molecular formula is C18H24N2O3. The number of hydrogen-bond donors (Lipinski definition) is 1. The van der Waals surface area contributed by atoms with E-state index in [4.69, 9.17) is 4.74 Å². The lowest BCUT2D eigenvalue weighted by molar-refractivity contribution is -0.143. The molecule has 5 heteroatoms. The molecule has 1 aliphatic carbocycles. The third-order valence-corrected chi connectivity index (χ3v) is 4.87. The van der Waals surface area contributed by atoms with Gasteiger partial charge < -0.3 is 15.0 Å². The number of ether oxygens (including phenoxy) is 1. The Hall–Kier alpha value is -2.04. The molecule has 0 spiro atoms. The first-order chi connectivity index (χ1) is 11.0. The molecule has 0 radical (unpaired) electrons. The van der Waals surface area contributed by atoms with E-state index in [0.717, 1.165) is 25.9 Å². The number of likely N-dealkylation sites (tertiary alicyclic amines) is 1. The van der Waals surface area contributed by atoms with Crippen LogP contribution >= 0.6 is 0 Å². The van der Waals surface area contributed by atoms with Gasteiger partial charge in [0.1, 0.15) is 11.2 Å². The highest BCUT2D eigenvalue weighted by molar-refractivity contribution is 6.13. The third-order valence-electron chi connectivity index (χ3n) is 4.87. The summed E-state index contributed by atoms with van der Waals surface area (Å²) >= 11 is 0. The summed E-state index contributed by atoms with van der Waals surface area (Å²) in [5.41, 5.74) is -0.180. The van der Waals surface area contributed by atoms with Gasteiger partial charge in [-0.15, -0.1) is 0 Å². The zero-order valence-corrected chi connectivity index (χ0v) is 13.8. The van der Waals surface area contributed by atoms with E-state index in [9.17, 15) is 9.59 Å². The Morgan fingerprint density at radius 3 is 2.78 bits per heavy atom. The Bertz CT molecular complexity index is 610. The van der Waals surface area contributed by atoms with E-state index >= 15 is 0 Å². The minimum Gasteiger partial charge on any atom is -0.497 e. The van der Waals surface area contributed by atoms with Crippen molar-refractivity contribution in [3.8, 4) is 5.75 Å². The van der Waals surface area contributed by atoms with Gasteiger partial charge in [-0.2, -0.15) is 0 Å². The van der Waals surface area contributed by atoms with E-state index in [2.05, 4.69) is 12.2 Å². The average Bonchev–Trinajstić information content (AvgIpc) is 3.36. The normalized spacial score (nSPS) is 22.3. The molecule has 1 N–H and O–H groups in total. The van der Waals surface area contributed by atoms with Crippen LogP contribution in [0, 0.1) is 11.3 Å². The Labute approximate surface area is 137 Å². The van der Waals surface area contributed by atoms with Gasteiger partial charge in [0.05, 0.1) is 7.11 Å². The van der Waals surface area contributed by atoms with E-state index in [1.165, 1.54) is 0 Å². The molecule has 5 nitrogen and oxygen atoms in total. The number of nitrogens with zero attached hydrogens (tertiary/aromatic N) is 1. The molecule has 1 saturated heterocycles. The Morgan fingerprint density at radius 2 is 2.13 bits per heavy atom. The van der Waals surface area contributed by atoms with Crippen molar-refractivity contribution in [3.63, 3.8) is 0 Å². The number of amides is 2. The number of carbonyl (C=O) groups is 2. The van der Waals surface area contributed by atoms with Crippen LogP contribution in [0.2, 0.25) is 0 Å². The minimum absolute atomic E-state index is 0.00412. The first-order valence-electron chi connectivity index (χ1n) is 8.30. The number of anilines is 1. The Morgan fingerprint density at radius 1 is 1.35 bits per heavy atom. The molecule has 23 heavy (non-hydrogen) atoms. The summed E-state index contributed by atoms with van der Waals surface area (Å²) in [5.74, 6) is 1.02. The van der Waals surface area contributed by atoms with Gasteiger partial charge in [0, 0.05) is 24.8 Å². The lowest BCUT2D eigenvalue weighted by Crippen LogP contribution is -2.46. The summed E-state index contributed by atoms with van der Waals surface area (Å²) in [6.45, 7) is 3.71. The molecule has 2 aliphatic rings. The quantitative estimate of drug-likeness (QED) is 0.869. The average molecular weight is 316 g/mol. The highest BCUT2D eigenvalue weighted by Gasteiger charge is 2.58. The van der Waals surface area contributed by atoms with Gasteiger partial charge in [-0.3, -0.25) is 9.59 Å². The van der Waals surface area contributed by atoms with Crippen LogP contribution in [-0.4, -0.2) is 36.9 Å². The second-order valence-electron chi connectivity index (χ2n) is 6.77.